The molecular weight excluding hydrogens is 310 g/mol. The molecule has 114 valence electrons. The van der Waals surface area contributed by atoms with E-state index in [0.29, 0.717) is 0 Å². The van der Waals surface area contributed by atoms with Gasteiger partial charge in [0.1, 0.15) is 12.1 Å². The largest absolute Gasteiger partial charge is 0.397 e. The Morgan fingerprint density at radius 2 is 1.84 bits per heavy atom. The highest BCUT2D eigenvalue weighted by molar-refractivity contribution is 7.83. The first kappa shape index (κ1) is 16.7. The summed E-state index contributed by atoms with van der Waals surface area (Å²) in [6.07, 6.45) is -4.83. The van der Waals surface area contributed by atoms with Crippen LogP contribution in [0.25, 0.3) is 0 Å². The molecule has 0 aromatic rings. The first-order valence-electron chi connectivity index (χ1n) is 4.86. The van der Waals surface area contributed by atoms with Crippen molar-refractivity contribution < 1.29 is 45.1 Å². The number of aliphatic hydroxyl groups excluding tert-OH is 2. The zero-order valence-electron chi connectivity index (χ0n) is 9.28. The number of aliphatic hydroxyl groups is 2. The van der Waals surface area contributed by atoms with Crippen LogP contribution in [0.3, 0.4) is 0 Å². The van der Waals surface area contributed by atoms with E-state index in [2.05, 4.69) is 4.18 Å². The van der Waals surface area contributed by atoms with Gasteiger partial charge >= 0.3 is 20.7 Å². The van der Waals surface area contributed by atoms with Crippen LogP contribution in [0.4, 0.5) is 0 Å². The van der Waals surface area contributed by atoms with Crippen molar-refractivity contribution >= 4 is 20.7 Å². The Labute approximate surface area is 109 Å². The van der Waals surface area contributed by atoms with Gasteiger partial charge in [-0.2, -0.15) is 21.6 Å². The molecule has 19 heavy (non-hydrogen) atoms. The molecule has 1 heterocycles. The molecule has 11 nitrogen and oxygen atoms in total. The van der Waals surface area contributed by atoms with Crippen LogP contribution in [0.2, 0.25) is 0 Å². The first-order valence-corrected chi connectivity index (χ1v) is 7.67. The molecule has 0 saturated carbocycles. The molecule has 13 heteroatoms. The van der Waals surface area contributed by atoms with Crippen molar-refractivity contribution in [1.29, 1.82) is 0 Å². The van der Waals surface area contributed by atoms with E-state index < -0.39 is 51.8 Å². The number of hydrogen-bond acceptors (Lipinski definition) is 8. The molecule has 1 saturated heterocycles. The van der Waals surface area contributed by atoms with E-state index in [1.54, 1.807) is 0 Å². The molecule has 0 aromatic carbocycles. The van der Waals surface area contributed by atoms with Gasteiger partial charge in [-0.05, 0) is 0 Å². The maximum atomic E-state index is 10.7. The molecule has 1 aliphatic rings. The summed E-state index contributed by atoms with van der Waals surface area (Å²) in [7, 11) is -9.71. The minimum atomic E-state index is -4.93. The Kier molecular flexibility index (Phi) is 5.21. The van der Waals surface area contributed by atoms with Crippen LogP contribution in [0.1, 0.15) is 6.42 Å². The third-order valence-electron chi connectivity index (χ3n) is 2.27. The predicted octanol–water partition coefficient (Wildman–Crippen LogP) is -2.96. The highest BCUT2D eigenvalue weighted by atomic mass is 32.3. The summed E-state index contributed by atoms with van der Waals surface area (Å²) in [5, 5.41) is 18.3. The summed E-state index contributed by atoms with van der Waals surface area (Å²) in [6, 6.07) is -1.68. The van der Waals surface area contributed by atoms with E-state index >= 15 is 0 Å². The van der Waals surface area contributed by atoms with Crippen molar-refractivity contribution in [2.24, 2.45) is 0 Å². The van der Waals surface area contributed by atoms with Gasteiger partial charge in [0.25, 0.3) is 0 Å². The highest BCUT2D eigenvalue weighted by Crippen LogP contribution is 2.23. The molecule has 0 aromatic heterocycles. The fourth-order valence-corrected chi connectivity index (χ4v) is 2.73. The molecule has 1 rings (SSSR count). The zero-order valence-corrected chi connectivity index (χ0v) is 10.9. The molecule has 1 aliphatic heterocycles. The summed E-state index contributed by atoms with van der Waals surface area (Å²) >= 11 is 0. The highest BCUT2D eigenvalue weighted by Gasteiger charge is 2.42. The van der Waals surface area contributed by atoms with Gasteiger partial charge in [-0.1, -0.05) is 0 Å². The van der Waals surface area contributed by atoms with Crippen LogP contribution in [-0.4, -0.2) is 67.3 Å². The van der Waals surface area contributed by atoms with Gasteiger partial charge in [0, 0.05) is 6.42 Å². The van der Waals surface area contributed by atoms with Gasteiger partial charge in [0.2, 0.25) is 0 Å². The van der Waals surface area contributed by atoms with Gasteiger partial charge in [-0.15, -0.1) is 0 Å². The Bertz CT molecular complexity index is 500. The van der Waals surface area contributed by atoms with Crippen molar-refractivity contribution in [2.45, 2.75) is 31.0 Å². The van der Waals surface area contributed by atoms with Crippen LogP contribution < -0.4 is 4.72 Å². The zero-order chi connectivity index (χ0) is 14.8. The average molecular weight is 323 g/mol. The van der Waals surface area contributed by atoms with E-state index in [9.17, 15) is 21.9 Å². The molecule has 0 bridgehead atoms. The van der Waals surface area contributed by atoms with E-state index in [-0.39, 0.29) is 6.42 Å². The predicted molar refractivity (Wildman–Crippen MR) is 57.5 cm³/mol. The lowest BCUT2D eigenvalue weighted by atomic mass is 10.0. The molecule has 3 unspecified atom stereocenters. The lowest BCUT2D eigenvalue weighted by Gasteiger charge is -2.37. The van der Waals surface area contributed by atoms with Crippen molar-refractivity contribution in [1.82, 2.24) is 4.72 Å². The van der Waals surface area contributed by atoms with Gasteiger partial charge < -0.3 is 14.9 Å². The molecule has 1 fully saturated rings. The van der Waals surface area contributed by atoms with Gasteiger partial charge in [0.05, 0.1) is 12.7 Å². The third-order valence-corrected chi connectivity index (χ3v) is 3.33. The number of rotatable bonds is 5. The van der Waals surface area contributed by atoms with Crippen molar-refractivity contribution in [3.8, 4) is 0 Å². The topological polar surface area (TPSA) is 180 Å². The summed E-state index contributed by atoms with van der Waals surface area (Å²) in [5.74, 6) is 0. The number of hydrogen-bond donors (Lipinski definition) is 5. The van der Waals surface area contributed by atoms with E-state index in [1.165, 1.54) is 4.72 Å². The molecular formula is C6H13NO10S2. The second kappa shape index (κ2) is 5.94. The minimum Gasteiger partial charge on any atom is -0.394 e. The number of ether oxygens (including phenoxy) is 1. The molecule has 0 radical (unpaired) electrons. The molecule has 0 aliphatic carbocycles. The molecule has 0 amide bonds. The van der Waals surface area contributed by atoms with Crippen molar-refractivity contribution in [2.75, 3.05) is 6.61 Å². The Hall–Kier alpha value is -0.380. The fraction of sp³-hybridized carbons (Fsp3) is 1.00. The van der Waals surface area contributed by atoms with E-state index in [4.69, 9.17) is 18.9 Å². The molecule has 0 spiro atoms. The van der Waals surface area contributed by atoms with Crippen LogP contribution in [-0.2, 0) is 29.6 Å². The summed E-state index contributed by atoms with van der Waals surface area (Å²) in [4.78, 5) is 0. The smallest absolute Gasteiger partial charge is 0.394 e. The summed E-state index contributed by atoms with van der Waals surface area (Å²) < 4.78 is 70.2. The second-order valence-electron chi connectivity index (χ2n) is 3.75. The number of nitrogens with one attached hydrogen (secondary N) is 1. The molecule has 4 atom stereocenters. The van der Waals surface area contributed by atoms with E-state index in [0.717, 1.165) is 0 Å². The average Bonchev–Trinajstić information content (AvgIpc) is 2.19. The summed E-state index contributed by atoms with van der Waals surface area (Å²) in [5.41, 5.74) is 0. The maximum absolute atomic E-state index is 10.7. The fourth-order valence-electron chi connectivity index (χ4n) is 1.61. The van der Waals surface area contributed by atoms with Crippen LogP contribution >= 0.6 is 0 Å². The first-order chi connectivity index (χ1) is 8.52. The lowest BCUT2D eigenvalue weighted by molar-refractivity contribution is -0.207. The van der Waals surface area contributed by atoms with Crippen LogP contribution in [0.15, 0.2) is 0 Å². The van der Waals surface area contributed by atoms with Crippen LogP contribution in [0.5, 0.6) is 0 Å². The van der Waals surface area contributed by atoms with Gasteiger partial charge in [-0.3, -0.25) is 9.11 Å². The second-order valence-corrected chi connectivity index (χ2v) is 5.98. The van der Waals surface area contributed by atoms with Crippen molar-refractivity contribution in [3.63, 3.8) is 0 Å². The Morgan fingerprint density at radius 3 is 2.26 bits per heavy atom. The minimum absolute atomic E-state index is 0.347. The standard InChI is InChI=1S/C6H13NO10S2/c8-2-3-1-4(17-19(13,14)15)5(6(9)16-3)7-18(10,11)12/h3-9H,1-2H2,(H,10,11,12)(H,13,14,15)/t3?,4-,5?,6?/m1/s1. The lowest BCUT2D eigenvalue weighted by Crippen LogP contribution is -2.58. The van der Waals surface area contributed by atoms with Crippen LogP contribution in [0, 0.1) is 0 Å². The van der Waals surface area contributed by atoms with Gasteiger partial charge in [-0.25, -0.2) is 4.18 Å². The third kappa shape index (κ3) is 5.64. The Balaban J connectivity index is 2.94. The van der Waals surface area contributed by atoms with Crippen molar-refractivity contribution in [3.05, 3.63) is 0 Å². The van der Waals surface area contributed by atoms with Gasteiger partial charge in [0.15, 0.2) is 6.29 Å². The summed E-state index contributed by atoms with van der Waals surface area (Å²) in [6.45, 7) is -0.596. The normalized spacial score (nSPS) is 33.3. The monoisotopic (exact) mass is 323 g/mol. The molecule has 5 N–H and O–H groups in total. The SMILES string of the molecule is O=S(=O)(O)NC1C(O)OC(CO)C[C@H]1OS(=O)(=O)O. The quantitative estimate of drug-likeness (QED) is 0.328. The maximum Gasteiger partial charge on any atom is 0.397 e. The van der Waals surface area contributed by atoms with E-state index in [1.807, 2.05) is 0 Å². The Morgan fingerprint density at radius 1 is 1.26 bits per heavy atom.